The molecule has 0 unspecified atom stereocenters. The SMILES string of the molecule is Cc1cccc(OCc2ccc(C(=O)O)o2)c1F. The molecule has 1 aromatic carbocycles. The van der Waals surface area contributed by atoms with Crippen LogP contribution in [0.25, 0.3) is 0 Å². The number of aryl methyl sites for hydroxylation is 1. The van der Waals surface area contributed by atoms with E-state index in [0.717, 1.165) is 0 Å². The third-order valence-corrected chi connectivity index (χ3v) is 2.40. The second-order valence-corrected chi connectivity index (χ2v) is 3.75. The first-order valence-electron chi connectivity index (χ1n) is 5.28. The molecule has 1 aromatic heterocycles. The molecule has 0 spiro atoms. The summed E-state index contributed by atoms with van der Waals surface area (Å²) >= 11 is 0. The molecule has 1 heterocycles. The van der Waals surface area contributed by atoms with E-state index in [1.807, 2.05) is 0 Å². The van der Waals surface area contributed by atoms with E-state index in [1.165, 1.54) is 18.2 Å². The number of rotatable bonds is 4. The van der Waals surface area contributed by atoms with Crippen molar-refractivity contribution >= 4 is 5.97 Å². The highest BCUT2D eigenvalue weighted by atomic mass is 19.1. The number of hydrogen-bond donors (Lipinski definition) is 1. The lowest BCUT2D eigenvalue weighted by molar-refractivity contribution is 0.0658. The fraction of sp³-hybridized carbons (Fsp3) is 0.154. The molecule has 0 radical (unpaired) electrons. The largest absolute Gasteiger partial charge is 0.483 e. The maximum atomic E-state index is 13.6. The standard InChI is InChI=1S/C13H11FO4/c1-8-3-2-4-10(12(8)14)17-7-9-5-6-11(18-9)13(15)16/h2-6H,7H2,1H3,(H,15,16). The quantitative estimate of drug-likeness (QED) is 0.906. The second kappa shape index (κ2) is 4.91. The first-order chi connectivity index (χ1) is 8.58. The van der Waals surface area contributed by atoms with Gasteiger partial charge in [-0.15, -0.1) is 0 Å². The number of benzene rings is 1. The minimum absolute atomic E-state index is 0.0202. The Morgan fingerprint density at radius 2 is 2.17 bits per heavy atom. The Morgan fingerprint density at radius 3 is 2.83 bits per heavy atom. The lowest BCUT2D eigenvalue weighted by Crippen LogP contribution is -1.98. The number of aromatic carboxylic acids is 1. The van der Waals surface area contributed by atoms with Crippen LogP contribution in [0.5, 0.6) is 5.75 Å². The van der Waals surface area contributed by atoms with Gasteiger partial charge in [0.2, 0.25) is 5.76 Å². The number of hydrogen-bond acceptors (Lipinski definition) is 3. The van der Waals surface area contributed by atoms with Crippen molar-refractivity contribution < 1.29 is 23.4 Å². The smallest absolute Gasteiger partial charge is 0.371 e. The van der Waals surface area contributed by atoms with Crippen molar-refractivity contribution in [1.29, 1.82) is 0 Å². The first-order valence-corrected chi connectivity index (χ1v) is 5.28. The van der Waals surface area contributed by atoms with Gasteiger partial charge in [-0.05, 0) is 30.7 Å². The van der Waals surface area contributed by atoms with E-state index in [2.05, 4.69) is 0 Å². The van der Waals surface area contributed by atoms with Crippen molar-refractivity contribution in [2.24, 2.45) is 0 Å². The molecule has 94 valence electrons. The Hall–Kier alpha value is -2.30. The summed E-state index contributed by atoms with van der Waals surface area (Å²) in [5.41, 5.74) is 0.484. The van der Waals surface area contributed by atoms with E-state index in [9.17, 15) is 9.18 Å². The Balaban J connectivity index is 2.07. The average molecular weight is 250 g/mol. The van der Waals surface area contributed by atoms with Gasteiger partial charge in [0.05, 0.1) is 0 Å². The highest BCUT2D eigenvalue weighted by Crippen LogP contribution is 2.21. The fourth-order valence-electron chi connectivity index (χ4n) is 1.45. The zero-order chi connectivity index (χ0) is 13.1. The number of ether oxygens (including phenoxy) is 1. The normalized spacial score (nSPS) is 10.3. The molecule has 0 saturated heterocycles. The lowest BCUT2D eigenvalue weighted by atomic mass is 10.2. The summed E-state index contributed by atoms with van der Waals surface area (Å²) in [4.78, 5) is 10.6. The Morgan fingerprint density at radius 1 is 1.39 bits per heavy atom. The number of carboxylic acids is 1. The van der Waals surface area contributed by atoms with Crippen LogP contribution in [-0.2, 0) is 6.61 Å². The molecule has 4 nitrogen and oxygen atoms in total. The van der Waals surface area contributed by atoms with Crippen molar-refractivity contribution in [3.63, 3.8) is 0 Å². The van der Waals surface area contributed by atoms with Crippen LogP contribution < -0.4 is 4.74 Å². The Bertz CT molecular complexity index is 574. The van der Waals surface area contributed by atoms with Gasteiger partial charge in [-0.25, -0.2) is 9.18 Å². The molecule has 2 rings (SSSR count). The molecule has 0 bridgehead atoms. The van der Waals surface area contributed by atoms with Crippen LogP contribution in [0.2, 0.25) is 0 Å². The molecule has 0 atom stereocenters. The predicted molar refractivity (Wildman–Crippen MR) is 61.1 cm³/mol. The highest BCUT2D eigenvalue weighted by Gasteiger charge is 2.10. The maximum Gasteiger partial charge on any atom is 0.371 e. The number of carboxylic acid groups (broad SMARTS) is 1. The molecule has 0 aliphatic heterocycles. The van der Waals surface area contributed by atoms with E-state index in [4.69, 9.17) is 14.3 Å². The van der Waals surface area contributed by atoms with E-state index in [1.54, 1.807) is 19.1 Å². The van der Waals surface area contributed by atoms with Gasteiger partial charge in [0.15, 0.2) is 11.6 Å². The van der Waals surface area contributed by atoms with Crippen molar-refractivity contribution in [1.82, 2.24) is 0 Å². The number of halogens is 1. The zero-order valence-corrected chi connectivity index (χ0v) is 9.64. The predicted octanol–water partition coefficient (Wildman–Crippen LogP) is 3.00. The van der Waals surface area contributed by atoms with E-state index in [0.29, 0.717) is 11.3 Å². The van der Waals surface area contributed by atoms with Gasteiger partial charge in [0, 0.05) is 0 Å². The molecule has 0 fully saturated rings. The summed E-state index contributed by atoms with van der Waals surface area (Å²) in [6.07, 6.45) is 0. The van der Waals surface area contributed by atoms with Gasteiger partial charge in [-0.1, -0.05) is 12.1 Å². The van der Waals surface area contributed by atoms with Crippen molar-refractivity contribution in [3.05, 3.63) is 53.2 Å². The van der Waals surface area contributed by atoms with Crippen LogP contribution in [0.1, 0.15) is 21.9 Å². The van der Waals surface area contributed by atoms with Crippen LogP contribution in [0.4, 0.5) is 4.39 Å². The molecule has 18 heavy (non-hydrogen) atoms. The minimum Gasteiger partial charge on any atom is -0.483 e. The maximum absolute atomic E-state index is 13.6. The monoisotopic (exact) mass is 250 g/mol. The molecule has 2 aromatic rings. The summed E-state index contributed by atoms with van der Waals surface area (Å²) in [6, 6.07) is 7.63. The second-order valence-electron chi connectivity index (χ2n) is 3.75. The van der Waals surface area contributed by atoms with Gasteiger partial charge in [-0.2, -0.15) is 0 Å². The van der Waals surface area contributed by atoms with Crippen molar-refractivity contribution in [3.8, 4) is 5.75 Å². The van der Waals surface area contributed by atoms with Gasteiger partial charge in [0.25, 0.3) is 0 Å². The molecular formula is C13H11FO4. The van der Waals surface area contributed by atoms with E-state index >= 15 is 0 Å². The van der Waals surface area contributed by atoms with Crippen LogP contribution >= 0.6 is 0 Å². The summed E-state index contributed by atoms with van der Waals surface area (Å²) in [5, 5.41) is 8.67. The lowest BCUT2D eigenvalue weighted by Gasteiger charge is -2.06. The molecule has 1 N–H and O–H groups in total. The molecule has 0 saturated carbocycles. The van der Waals surface area contributed by atoms with Crippen molar-refractivity contribution in [2.75, 3.05) is 0 Å². The Labute approximate surface area is 103 Å². The van der Waals surface area contributed by atoms with Gasteiger partial charge in [0.1, 0.15) is 12.4 Å². The summed E-state index contributed by atoms with van der Waals surface area (Å²) in [6.45, 7) is 1.62. The molecule has 0 aliphatic rings. The van der Waals surface area contributed by atoms with Crippen molar-refractivity contribution in [2.45, 2.75) is 13.5 Å². The minimum atomic E-state index is -1.15. The average Bonchev–Trinajstić information content (AvgIpc) is 2.80. The first kappa shape index (κ1) is 12.2. The van der Waals surface area contributed by atoms with Gasteiger partial charge in [-0.3, -0.25) is 0 Å². The number of furan rings is 1. The molecular weight excluding hydrogens is 239 g/mol. The Kier molecular flexibility index (Phi) is 3.32. The third-order valence-electron chi connectivity index (χ3n) is 2.40. The summed E-state index contributed by atoms with van der Waals surface area (Å²) in [7, 11) is 0. The fourth-order valence-corrected chi connectivity index (χ4v) is 1.45. The van der Waals surface area contributed by atoms with E-state index in [-0.39, 0.29) is 18.1 Å². The third kappa shape index (κ3) is 2.51. The van der Waals surface area contributed by atoms with Crippen LogP contribution in [0, 0.1) is 12.7 Å². The molecule has 0 aliphatic carbocycles. The summed E-state index contributed by atoms with van der Waals surface area (Å²) in [5.74, 6) is -1.31. The van der Waals surface area contributed by atoms with Crippen LogP contribution in [-0.4, -0.2) is 11.1 Å². The van der Waals surface area contributed by atoms with E-state index < -0.39 is 11.8 Å². The van der Waals surface area contributed by atoms with Crippen LogP contribution in [0.3, 0.4) is 0 Å². The highest BCUT2D eigenvalue weighted by molar-refractivity contribution is 5.84. The summed E-state index contributed by atoms with van der Waals surface area (Å²) < 4.78 is 23.8. The molecule has 0 amide bonds. The number of carbonyl (C=O) groups is 1. The molecule has 5 heteroatoms. The van der Waals surface area contributed by atoms with Gasteiger partial charge < -0.3 is 14.3 Å². The zero-order valence-electron chi connectivity index (χ0n) is 9.64. The van der Waals surface area contributed by atoms with Gasteiger partial charge >= 0.3 is 5.97 Å². The van der Waals surface area contributed by atoms with Crippen LogP contribution in [0.15, 0.2) is 34.7 Å². The topological polar surface area (TPSA) is 59.7 Å².